The number of rotatable bonds is 3. The number of pyridine rings is 1. The first kappa shape index (κ1) is 11.3. The molecule has 2 aromatic heterocycles. The maximum Gasteiger partial charge on any atom is 0.250 e. The van der Waals surface area contributed by atoms with E-state index in [2.05, 4.69) is 15.1 Å². The van der Waals surface area contributed by atoms with E-state index in [4.69, 9.17) is 4.52 Å². The highest BCUT2D eigenvalue weighted by molar-refractivity contribution is 5.66. The van der Waals surface area contributed by atoms with Gasteiger partial charge >= 0.3 is 0 Å². The van der Waals surface area contributed by atoms with Crippen LogP contribution >= 0.6 is 0 Å². The average molecular weight is 249 g/mol. The van der Waals surface area contributed by atoms with Crippen molar-refractivity contribution in [3.05, 3.63) is 66.3 Å². The van der Waals surface area contributed by atoms with Crippen molar-refractivity contribution >= 4 is 12.2 Å². The Kier molecular flexibility index (Phi) is 3.14. The van der Waals surface area contributed by atoms with Crippen molar-refractivity contribution in [1.82, 2.24) is 15.1 Å². The van der Waals surface area contributed by atoms with Gasteiger partial charge in [0.1, 0.15) is 0 Å². The smallest absolute Gasteiger partial charge is 0.250 e. The number of nitrogens with zero attached hydrogens (tertiary/aromatic N) is 3. The van der Waals surface area contributed by atoms with Crippen LogP contribution in [0.3, 0.4) is 0 Å². The second-order valence-electron chi connectivity index (χ2n) is 3.94. The summed E-state index contributed by atoms with van der Waals surface area (Å²) < 4.78 is 5.17. The molecule has 0 atom stereocenters. The van der Waals surface area contributed by atoms with Crippen molar-refractivity contribution < 1.29 is 4.52 Å². The lowest BCUT2D eigenvalue weighted by molar-refractivity contribution is 0.411. The van der Waals surface area contributed by atoms with E-state index in [-0.39, 0.29) is 0 Å². The van der Waals surface area contributed by atoms with Gasteiger partial charge < -0.3 is 4.52 Å². The molecule has 0 fully saturated rings. The maximum absolute atomic E-state index is 5.17. The molecule has 0 saturated heterocycles. The SMILES string of the molecule is C(=C\c1nc(-c2cccnc2)no1)/c1ccccc1. The fraction of sp³-hybridized carbons (Fsp3) is 0. The van der Waals surface area contributed by atoms with E-state index in [1.807, 2.05) is 48.5 Å². The molecule has 0 saturated carbocycles. The van der Waals surface area contributed by atoms with Crippen LogP contribution in [0.15, 0.2) is 59.4 Å². The summed E-state index contributed by atoms with van der Waals surface area (Å²) in [6.45, 7) is 0. The highest BCUT2D eigenvalue weighted by Gasteiger charge is 2.05. The second kappa shape index (κ2) is 5.27. The summed E-state index contributed by atoms with van der Waals surface area (Å²) in [5.74, 6) is 1.02. The summed E-state index contributed by atoms with van der Waals surface area (Å²) in [5, 5.41) is 3.92. The average Bonchev–Trinajstić information content (AvgIpc) is 2.96. The first-order valence-electron chi connectivity index (χ1n) is 5.89. The van der Waals surface area contributed by atoms with Crippen molar-refractivity contribution in [3.8, 4) is 11.4 Å². The predicted molar refractivity (Wildman–Crippen MR) is 72.9 cm³/mol. The standard InChI is InChI=1S/C15H11N3O/c1-2-5-12(6-3-1)8-9-14-17-15(18-19-14)13-7-4-10-16-11-13/h1-11H/b9-8+. The molecule has 4 heteroatoms. The quantitative estimate of drug-likeness (QED) is 0.714. The highest BCUT2D eigenvalue weighted by Crippen LogP contribution is 2.14. The minimum atomic E-state index is 0.475. The van der Waals surface area contributed by atoms with Gasteiger partial charge in [-0.05, 0) is 23.8 Å². The Morgan fingerprint density at radius 1 is 0.947 bits per heavy atom. The molecule has 1 aromatic carbocycles. The van der Waals surface area contributed by atoms with E-state index >= 15 is 0 Å². The Labute approximate surface area is 110 Å². The zero-order chi connectivity index (χ0) is 12.9. The van der Waals surface area contributed by atoms with Crippen LogP contribution in [-0.4, -0.2) is 15.1 Å². The monoisotopic (exact) mass is 249 g/mol. The Balaban J connectivity index is 1.81. The molecule has 4 nitrogen and oxygen atoms in total. The van der Waals surface area contributed by atoms with Gasteiger partial charge in [0, 0.05) is 24.0 Å². The molecule has 0 aliphatic heterocycles. The third kappa shape index (κ3) is 2.74. The molecule has 0 spiro atoms. The molecule has 0 unspecified atom stereocenters. The molecule has 0 bridgehead atoms. The molecule has 0 radical (unpaired) electrons. The van der Waals surface area contributed by atoms with Crippen LogP contribution < -0.4 is 0 Å². The molecule has 0 N–H and O–H groups in total. The van der Waals surface area contributed by atoms with Gasteiger partial charge in [-0.25, -0.2) is 0 Å². The maximum atomic E-state index is 5.17. The number of aromatic nitrogens is 3. The summed E-state index contributed by atoms with van der Waals surface area (Å²) in [4.78, 5) is 8.32. The highest BCUT2D eigenvalue weighted by atomic mass is 16.5. The number of benzene rings is 1. The Morgan fingerprint density at radius 2 is 1.84 bits per heavy atom. The fourth-order valence-electron chi connectivity index (χ4n) is 1.65. The summed E-state index contributed by atoms with van der Waals surface area (Å²) in [5.41, 5.74) is 1.93. The van der Waals surface area contributed by atoms with Crippen LogP contribution in [0.1, 0.15) is 11.5 Å². The zero-order valence-electron chi connectivity index (χ0n) is 10.1. The number of hydrogen-bond acceptors (Lipinski definition) is 4. The van der Waals surface area contributed by atoms with E-state index in [1.165, 1.54) is 0 Å². The van der Waals surface area contributed by atoms with Gasteiger partial charge in [-0.3, -0.25) is 4.98 Å². The lowest BCUT2D eigenvalue weighted by atomic mass is 10.2. The molecule has 3 aromatic rings. The molecule has 0 amide bonds. The topological polar surface area (TPSA) is 51.8 Å². The molecular formula is C15H11N3O. The van der Waals surface area contributed by atoms with Crippen molar-refractivity contribution in [2.75, 3.05) is 0 Å². The van der Waals surface area contributed by atoms with Crippen LogP contribution in [-0.2, 0) is 0 Å². The first-order valence-corrected chi connectivity index (χ1v) is 5.89. The van der Waals surface area contributed by atoms with Crippen molar-refractivity contribution in [3.63, 3.8) is 0 Å². The van der Waals surface area contributed by atoms with Gasteiger partial charge in [0.2, 0.25) is 5.82 Å². The molecule has 3 rings (SSSR count). The number of hydrogen-bond donors (Lipinski definition) is 0. The lowest BCUT2D eigenvalue weighted by Crippen LogP contribution is -1.81. The molecule has 92 valence electrons. The van der Waals surface area contributed by atoms with Crippen LogP contribution in [0.5, 0.6) is 0 Å². The fourth-order valence-corrected chi connectivity index (χ4v) is 1.65. The van der Waals surface area contributed by atoms with E-state index in [0.717, 1.165) is 11.1 Å². The van der Waals surface area contributed by atoms with E-state index in [1.54, 1.807) is 18.5 Å². The predicted octanol–water partition coefficient (Wildman–Crippen LogP) is 3.30. The van der Waals surface area contributed by atoms with Gasteiger partial charge in [-0.1, -0.05) is 35.5 Å². The van der Waals surface area contributed by atoms with Crippen molar-refractivity contribution in [2.45, 2.75) is 0 Å². The Bertz CT molecular complexity index is 675. The van der Waals surface area contributed by atoms with Crippen molar-refractivity contribution in [2.24, 2.45) is 0 Å². The van der Waals surface area contributed by atoms with Crippen molar-refractivity contribution in [1.29, 1.82) is 0 Å². The summed E-state index contributed by atoms with van der Waals surface area (Å²) in [7, 11) is 0. The Hall–Kier alpha value is -2.75. The minimum absolute atomic E-state index is 0.475. The van der Waals surface area contributed by atoms with Crippen LogP contribution in [0.2, 0.25) is 0 Å². The van der Waals surface area contributed by atoms with Crippen LogP contribution in [0.4, 0.5) is 0 Å². The molecule has 19 heavy (non-hydrogen) atoms. The molecule has 0 aliphatic carbocycles. The Morgan fingerprint density at radius 3 is 2.63 bits per heavy atom. The van der Waals surface area contributed by atoms with Gasteiger partial charge in [-0.15, -0.1) is 0 Å². The van der Waals surface area contributed by atoms with E-state index in [9.17, 15) is 0 Å². The third-order valence-corrected chi connectivity index (χ3v) is 2.58. The zero-order valence-corrected chi connectivity index (χ0v) is 10.1. The normalized spacial score (nSPS) is 10.9. The van der Waals surface area contributed by atoms with E-state index in [0.29, 0.717) is 11.7 Å². The first-order chi connectivity index (χ1) is 9.42. The third-order valence-electron chi connectivity index (χ3n) is 2.58. The summed E-state index contributed by atoms with van der Waals surface area (Å²) >= 11 is 0. The van der Waals surface area contributed by atoms with Gasteiger partial charge in [0.05, 0.1) is 0 Å². The molecular weight excluding hydrogens is 238 g/mol. The van der Waals surface area contributed by atoms with Gasteiger partial charge in [-0.2, -0.15) is 4.98 Å². The summed E-state index contributed by atoms with van der Waals surface area (Å²) in [6.07, 6.45) is 7.14. The molecule has 2 heterocycles. The largest absolute Gasteiger partial charge is 0.334 e. The van der Waals surface area contributed by atoms with E-state index < -0.39 is 0 Å². The van der Waals surface area contributed by atoms with Gasteiger partial charge in [0.25, 0.3) is 5.89 Å². The lowest BCUT2D eigenvalue weighted by Gasteiger charge is -1.89. The molecule has 0 aliphatic rings. The summed E-state index contributed by atoms with van der Waals surface area (Å²) in [6, 6.07) is 13.7. The minimum Gasteiger partial charge on any atom is -0.334 e. The van der Waals surface area contributed by atoms with Crippen LogP contribution in [0, 0.1) is 0 Å². The van der Waals surface area contributed by atoms with Gasteiger partial charge in [0.15, 0.2) is 0 Å². The van der Waals surface area contributed by atoms with Crippen LogP contribution in [0.25, 0.3) is 23.5 Å². The second-order valence-corrected chi connectivity index (χ2v) is 3.94.